The molecule has 0 bridgehead atoms. The highest BCUT2D eigenvalue weighted by molar-refractivity contribution is 7.15. The van der Waals surface area contributed by atoms with E-state index in [0.29, 0.717) is 11.4 Å². The molecule has 7 heteroatoms. The average Bonchev–Trinajstić information content (AvgIpc) is 3.09. The third-order valence-electron chi connectivity index (χ3n) is 5.08. The highest BCUT2D eigenvalue weighted by Crippen LogP contribution is 2.24. The van der Waals surface area contributed by atoms with Gasteiger partial charge in [0.15, 0.2) is 4.96 Å². The molecule has 1 fully saturated rings. The van der Waals surface area contributed by atoms with Crippen molar-refractivity contribution in [2.45, 2.75) is 44.8 Å². The fourth-order valence-corrected chi connectivity index (χ4v) is 4.36. The van der Waals surface area contributed by atoms with Crippen LogP contribution in [0.5, 0.6) is 0 Å². The van der Waals surface area contributed by atoms with E-state index in [4.69, 9.17) is 0 Å². The predicted octanol–water partition coefficient (Wildman–Crippen LogP) is 2.76. The van der Waals surface area contributed by atoms with Crippen molar-refractivity contribution >= 4 is 22.2 Å². The van der Waals surface area contributed by atoms with Gasteiger partial charge in [-0.05, 0) is 25.3 Å². The number of carbonyl (C=O) groups is 1. The van der Waals surface area contributed by atoms with Crippen LogP contribution >= 0.6 is 11.3 Å². The molecule has 1 aliphatic rings. The first-order chi connectivity index (χ1) is 13.0. The summed E-state index contributed by atoms with van der Waals surface area (Å²) in [6.07, 6.45) is 4.07. The summed E-state index contributed by atoms with van der Waals surface area (Å²) in [7, 11) is 0. The van der Waals surface area contributed by atoms with E-state index in [1.54, 1.807) is 0 Å². The van der Waals surface area contributed by atoms with E-state index in [1.165, 1.54) is 21.9 Å². The Bertz CT molecular complexity index is 1040. The SMILES string of the molecule is Cc1ccc(-c2csc3ncc(C(=O)NC4CCCCC4O)c(=O)n23)cc1. The number of aliphatic hydroxyl groups excluding tert-OH is 1. The largest absolute Gasteiger partial charge is 0.391 e. The molecule has 6 nitrogen and oxygen atoms in total. The van der Waals surface area contributed by atoms with Crippen molar-refractivity contribution in [3.05, 3.63) is 57.3 Å². The first-order valence-electron chi connectivity index (χ1n) is 9.10. The minimum atomic E-state index is -0.564. The third-order valence-corrected chi connectivity index (χ3v) is 5.92. The van der Waals surface area contributed by atoms with Crippen LogP contribution < -0.4 is 10.9 Å². The zero-order chi connectivity index (χ0) is 19.0. The second kappa shape index (κ2) is 7.25. The number of nitrogens with zero attached hydrogens (tertiary/aromatic N) is 2. The zero-order valence-electron chi connectivity index (χ0n) is 15.0. The van der Waals surface area contributed by atoms with Crippen LogP contribution in [0.2, 0.25) is 0 Å². The van der Waals surface area contributed by atoms with Gasteiger partial charge in [0.1, 0.15) is 5.56 Å². The van der Waals surface area contributed by atoms with Gasteiger partial charge in [-0.3, -0.25) is 14.0 Å². The number of benzene rings is 1. The van der Waals surface area contributed by atoms with E-state index in [1.807, 2.05) is 36.6 Å². The number of fused-ring (bicyclic) bond motifs is 1. The monoisotopic (exact) mass is 383 g/mol. The molecule has 0 spiro atoms. The molecule has 1 saturated carbocycles. The molecule has 2 atom stereocenters. The van der Waals surface area contributed by atoms with Gasteiger partial charge in [0.25, 0.3) is 11.5 Å². The fourth-order valence-electron chi connectivity index (χ4n) is 3.50. The van der Waals surface area contributed by atoms with E-state index in [0.717, 1.165) is 36.1 Å². The standard InChI is InChI=1S/C20H21N3O3S/c1-12-6-8-13(9-7-12)16-11-27-20-21-10-14(19(26)23(16)20)18(25)22-15-4-2-3-5-17(15)24/h6-11,15,17,24H,2-5H2,1H3,(H,22,25). The van der Waals surface area contributed by atoms with Gasteiger partial charge in [-0.1, -0.05) is 42.7 Å². The Morgan fingerprint density at radius 3 is 2.74 bits per heavy atom. The number of rotatable bonds is 3. The van der Waals surface area contributed by atoms with Crippen LogP contribution in [0.3, 0.4) is 0 Å². The number of aliphatic hydroxyl groups is 1. The lowest BCUT2D eigenvalue weighted by Gasteiger charge is -2.28. The minimum absolute atomic E-state index is 0.00275. The van der Waals surface area contributed by atoms with Crippen molar-refractivity contribution < 1.29 is 9.90 Å². The summed E-state index contributed by atoms with van der Waals surface area (Å²) < 4.78 is 1.49. The maximum Gasteiger partial charge on any atom is 0.271 e. The van der Waals surface area contributed by atoms with Gasteiger partial charge >= 0.3 is 0 Å². The highest BCUT2D eigenvalue weighted by atomic mass is 32.1. The molecule has 0 radical (unpaired) electrons. The van der Waals surface area contributed by atoms with Gasteiger partial charge in [0.05, 0.1) is 17.8 Å². The van der Waals surface area contributed by atoms with Gasteiger partial charge in [0.2, 0.25) is 0 Å². The second-order valence-corrected chi connectivity index (χ2v) is 7.85. The number of amides is 1. The van der Waals surface area contributed by atoms with Crippen LogP contribution in [0.25, 0.3) is 16.2 Å². The van der Waals surface area contributed by atoms with Crippen molar-refractivity contribution in [2.24, 2.45) is 0 Å². The van der Waals surface area contributed by atoms with E-state index in [2.05, 4.69) is 10.3 Å². The summed E-state index contributed by atoms with van der Waals surface area (Å²) in [5, 5.41) is 14.8. The average molecular weight is 383 g/mol. The van der Waals surface area contributed by atoms with Crippen molar-refractivity contribution in [3.63, 3.8) is 0 Å². The van der Waals surface area contributed by atoms with E-state index in [-0.39, 0.29) is 17.2 Å². The smallest absolute Gasteiger partial charge is 0.271 e. The van der Waals surface area contributed by atoms with Crippen LogP contribution in [-0.2, 0) is 0 Å². The molecule has 2 aromatic heterocycles. The number of aryl methyl sites for hydroxylation is 1. The van der Waals surface area contributed by atoms with E-state index >= 15 is 0 Å². The Hall–Kier alpha value is -2.51. The molecule has 0 aliphatic heterocycles. The predicted molar refractivity (Wildman–Crippen MR) is 105 cm³/mol. The summed E-state index contributed by atoms with van der Waals surface area (Å²) in [6, 6.07) is 7.56. The quantitative estimate of drug-likeness (QED) is 0.728. The van der Waals surface area contributed by atoms with E-state index < -0.39 is 12.0 Å². The molecular weight excluding hydrogens is 362 g/mol. The molecule has 27 heavy (non-hydrogen) atoms. The maximum atomic E-state index is 13.0. The molecule has 1 amide bonds. The number of hydrogen-bond acceptors (Lipinski definition) is 5. The van der Waals surface area contributed by atoms with Gasteiger partial charge < -0.3 is 10.4 Å². The summed E-state index contributed by atoms with van der Waals surface area (Å²) in [5.74, 6) is -0.478. The van der Waals surface area contributed by atoms with Crippen LogP contribution in [0.15, 0.2) is 40.6 Å². The maximum absolute atomic E-state index is 13.0. The number of carbonyl (C=O) groups excluding carboxylic acids is 1. The minimum Gasteiger partial charge on any atom is -0.391 e. The molecule has 2 unspecified atom stereocenters. The number of hydrogen-bond donors (Lipinski definition) is 2. The Balaban J connectivity index is 1.71. The Morgan fingerprint density at radius 2 is 2.00 bits per heavy atom. The van der Waals surface area contributed by atoms with Crippen LogP contribution in [0.1, 0.15) is 41.6 Å². The topological polar surface area (TPSA) is 83.7 Å². The normalized spacial score (nSPS) is 19.9. The van der Waals surface area contributed by atoms with Crippen LogP contribution in [-0.4, -0.2) is 32.5 Å². The lowest BCUT2D eigenvalue weighted by Crippen LogP contribution is -2.46. The summed E-state index contributed by atoms with van der Waals surface area (Å²) >= 11 is 1.36. The summed E-state index contributed by atoms with van der Waals surface area (Å²) in [4.78, 5) is 30.5. The molecule has 3 aromatic rings. The first kappa shape index (κ1) is 17.9. The molecular formula is C20H21N3O3S. The number of thiazole rings is 1. The van der Waals surface area contributed by atoms with Crippen LogP contribution in [0.4, 0.5) is 0 Å². The van der Waals surface area contributed by atoms with Gasteiger partial charge in [-0.15, -0.1) is 11.3 Å². The molecule has 0 saturated heterocycles. The molecule has 4 rings (SSSR count). The summed E-state index contributed by atoms with van der Waals surface area (Å²) in [5.41, 5.74) is 2.36. The summed E-state index contributed by atoms with van der Waals surface area (Å²) in [6.45, 7) is 2.01. The first-order valence-corrected chi connectivity index (χ1v) is 9.98. The van der Waals surface area contributed by atoms with Gasteiger partial charge in [-0.25, -0.2) is 4.98 Å². The van der Waals surface area contributed by atoms with Crippen molar-refractivity contribution in [2.75, 3.05) is 0 Å². The molecule has 2 N–H and O–H groups in total. The van der Waals surface area contributed by atoms with Gasteiger partial charge in [0, 0.05) is 11.6 Å². The second-order valence-electron chi connectivity index (χ2n) is 7.01. The molecule has 2 heterocycles. The third kappa shape index (κ3) is 3.40. The zero-order valence-corrected chi connectivity index (χ0v) is 15.8. The highest BCUT2D eigenvalue weighted by Gasteiger charge is 2.26. The molecule has 1 aromatic carbocycles. The van der Waals surface area contributed by atoms with Crippen molar-refractivity contribution in [3.8, 4) is 11.3 Å². The molecule has 1 aliphatic carbocycles. The van der Waals surface area contributed by atoms with Crippen LogP contribution in [0, 0.1) is 6.92 Å². The van der Waals surface area contributed by atoms with E-state index in [9.17, 15) is 14.7 Å². The Labute approximate surface area is 160 Å². The van der Waals surface area contributed by atoms with Crippen molar-refractivity contribution in [1.29, 1.82) is 0 Å². The lowest BCUT2D eigenvalue weighted by molar-refractivity contribution is 0.0716. The number of nitrogens with one attached hydrogen (secondary N) is 1. The Morgan fingerprint density at radius 1 is 1.26 bits per heavy atom. The number of aromatic nitrogens is 2. The van der Waals surface area contributed by atoms with Gasteiger partial charge in [-0.2, -0.15) is 0 Å². The fraction of sp³-hybridized carbons (Fsp3) is 0.350. The Kier molecular flexibility index (Phi) is 4.80. The van der Waals surface area contributed by atoms with Crippen molar-refractivity contribution in [1.82, 2.24) is 14.7 Å². The lowest BCUT2D eigenvalue weighted by atomic mass is 9.92. The molecule has 140 valence electrons.